The number of nitrogens with one attached hydrogen (secondary N) is 1. The Bertz CT molecular complexity index is 803. The van der Waals surface area contributed by atoms with Crippen LogP contribution in [0.1, 0.15) is 22.1 Å². The highest BCUT2D eigenvalue weighted by Crippen LogP contribution is 2.37. The number of benzene rings is 2. The average Bonchev–Trinajstić information content (AvgIpc) is 2.63. The Kier molecular flexibility index (Phi) is 3.61. The molecule has 2 aliphatic heterocycles. The van der Waals surface area contributed by atoms with Crippen LogP contribution in [0.25, 0.3) is 0 Å². The molecule has 5 nitrogen and oxygen atoms in total. The number of fused-ring (bicyclic) bond motifs is 2. The van der Waals surface area contributed by atoms with Gasteiger partial charge in [-0.15, -0.1) is 6.58 Å². The van der Waals surface area contributed by atoms with Crippen molar-refractivity contribution in [2.24, 2.45) is 0 Å². The molecule has 0 aromatic heterocycles. The number of carbonyl (C=O) groups excluding carboxylic acids is 1. The molecule has 1 unspecified atom stereocenters. The number of para-hydroxylation sites is 1. The molecule has 2 aromatic rings. The van der Waals surface area contributed by atoms with Crippen molar-refractivity contribution in [1.82, 2.24) is 4.90 Å². The van der Waals surface area contributed by atoms with Crippen LogP contribution in [-0.2, 0) is 0 Å². The van der Waals surface area contributed by atoms with Gasteiger partial charge in [0.25, 0.3) is 5.91 Å². The fourth-order valence-corrected chi connectivity index (χ4v) is 3.11. The molecule has 2 aliphatic rings. The molecular formula is C19H18N2O3. The van der Waals surface area contributed by atoms with Crippen LogP contribution < -0.4 is 14.8 Å². The van der Waals surface area contributed by atoms with E-state index in [1.165, 1.54) is 0 Å². The number of amides is 1. The summed E-state index contributed by atoms with van der Waals surface area (Å²) < 4.78 is 11.2. The maximum Gasteiger partial charge on any atom is 0.258 e. The third-order valence-corrected chi connectivity index (χ3v) is 4.23. The van der Waals surface area contributed by atoms with Crippen LogP contribution in [0, 0.1) is 0 Å². The second-order valence-corrected chi connectivity index (χ2v) is 5.74. The minimum Gasteiger partial charge on any atom is -0.486 e. The smallest absolute Gasteiger partial charge is 0.258 e. The number of anilines is 1. The zero-order valence-corrected chi connectivity index (χ0v) is 13.2. The number of rotatable bonds is 3. The Morgan fingerprint density at radius 3 is 2.79 bits per heavy atom. The Morgan fingerprint density at radius 2 is 1.96 bits per heavy atom. The number of hydrogen-bond donors (Lipinski definition) is 1. The van der Waals surface area contributed by atoms with E-state index in [1.807, 2.05) is 42.5 Å². The SMILES string of the molecule is C=CCN1C(=O)c2ccccc2NC1c1ccc2c(c1)OCCO2. The third kappa shape index (κ3) is 2.38. The molecule has 122 valence electrons. The summed E-state index contributed by atoms with van der Waals surface area (Å²) in [6.45, 7) is 5.33. The van der Waals surface area contributed by atoms with Gasteiger partial charge in [0.2, 0.25) is 0 Å². The van der Waals surface area contributed by atoms with E-state index in [2.05, 4.69) is 11.9 Å². The topological polar surface area (TPSA) is 50.8 Å². The number of hydrogen-bond acceptors (Lipinski definition) is 4. The predicted molar refractivity (Wildman–Crippen MR) is 91.5 cm³/mol. The summed E-state index contributed by atoms with van der Waals surface area (Å²) in [5, 5.41) is 3.45. The number of carbonyl (C=O) groups is 1. The van der Waals surface area contributed by atoms with Crippen molar-refractivity contribution in [2.75, 3.05) is 25.1 Å². The molecule has 0 bridgehead atoms. The Morgan fingerprint density at radius 1 is 1.17 bits per heavy atom. The second-order valence-electron chi connectivity index (χ2n) is 5.74. The number of nitrogens with zero attached hydrogens (tertiary/aromatic N) is 1. The van der Waals surface area contributed by atoms with E-state index in [9.17, 15) is 4.79 Å². The lowest BCUT2D eigenvalue weighted by atomic mass is 10.0. The van der Waals surface area contributed by atoms with Gasteiger partial charge in [-0.25, -0.2) is 0 Å². The first kappa shape index (κ1) is 14.6. The summed E-state index contributed by atoms with van der Waals surface area (Å²) in [6, 6.07) is 13.3. The average molecular weight is 322 g/mol. The first-order valence-corrected chi connectivity index (χ1v) is 7.95. The van der Waals surface area contributed by atoms with E-state index in [0.29, 0.717) is 31.1 Å². The van der Waals surface area contributed by atoms with Gasteiger partial charge in [-0.1, -0.05) is 24.3 Å². The van der Waals surface area contributed by atoms with Gasteiger partial charge >= 0.3 is 0 Å². The van der Waals surface area contributed by atoms with Gasteiger partial charge < -0.3 is 19.7 Å². The quantitative estimate of drug-likeness (QED) is 0.882. The van der Waals surface area contributed by atoms with Crippen LogP contribution >= 0.6 is 0 Å². The zero-order valence-electron chi connectivity index (χ0n) is 13.2. The van der Waals surface area contributed by atoms with Gasteiger partial charge in [-0.05, 0) is 29.8 Å². The fraction of sp³-hybridized carbons (Fsp3) is 0.211. The summed E-state index contributed by atoms with van der Waals surface area (Å²) in [4.78, 5) is 14.6. The molecular weight excluding hydrogens is 304 g/mol. The monoisotopic (exact) mass is 322 g/mol. The highest BCUT2D eigenvalue weighted by Gasteiger charge is 2.32. The van der Waals surface area contributed by atoms with Gasteiger partial charge in [0.05, 0.1) is 5.56 Å². The van der Waals surface area contributed by atoms with Crippen LogP contribution in [0.2, 0.25) is 0 Å². The summed E-state index contributed by atoms with van der Waals surface area (Å²) >= 11 is 0. The molecule has 4 rings (SSSR count). The predicted octanol–water partition coefficient (Wildman–Crippen LogP) is 3.21. The summed E-state index contributed by atoms with van der Waals surface area (Å²) in [6.07, 6.45) is 1.46. The molecule has 0 saturated heterocycles. The van der Waals surface area contributed by atoms with Gasteiger partial charge in [0.1, 0.15) is 19.4 Å². The van der Waals surface area contributed by atoms with Crippen molar-refractivity contribution in [1.29, 1.82) is 0 Å². The van der Waals surface area contributed by atoms with Crippen LogP contribution in [0.15, 0.2) is 55.1 Å². The largest absolute Gasteiger partial charge is 0.486 e. The lowest BCUT2D eigenvalue weighted by molar-refractivity contribution is 0.0707. The normalized spacial score (nSPS) is 18.6. The second kappa shape index (κ2) is 5.92. The zero-order chi connectivity index (χ0) is 16.5. The molecule has 1 atom stereocenters. The van der Waals surface area contributed by atoms with E-state index in [0.717, 1.165) is 17.0 Å². The van der Waals surface area contributed by atoms with Crippen molar-refractivity contribution in [2.45, 2.75) is 6.17 Å². The highest BCUT2D eigenvalue weighted by molar-refractivity contribution is 6.01. The van der Waals surface area contributed by atoms with Crippen LogP contribution in [0.3, 0.4) is 0 Å². The maximum atomic E-state index is 12.9. The minimum absolute atomic E-state index is 0.0101. The van der Waals surface area contributed by atoms with E-state index < -0.39 is 0 Å². The lowest BCUT2D eigenvalue weighted by Gasteiger charge is -2.38. The third-order valence-electron chi connectivity index (χ3n) is 4.23. The van der Waals surface area contributed by atoms with Crippen molar-refractivity contribution >= 4 is 11.6 Å². The highest BCUT2D eigenvalue weighted by atomic mass is 16.6. The molecule has 2 aromatic carbocycles. The van der Waals surface area contributed by atoms with Crippen LogP contribution in [0.5, 0.6) is 11.5 Å². The van der Waals surface area contributed by atoms with E-state index >= 15 is 0 Å². The molecule has 0 saturated carbocycles. The number of ether oxygens (including phenoxy) is 2. The summed E-state index contributed by atoms with van der Waals surface area (Å²) in [5.74, 6) is 1.44. The van der Waals surface area contributed by atoms with E-state index in [4.69, 9.17) is 9.47 Å². The van der Waals surface area contributed by atoms with Crippen molar-refractivity contribution in [3.8, 4) is 11.5 Å². The van der Waals surface area contributed by atoms with Gasteiger partial charge in [0.15, 0.2) is 11.5 Å². The standard InChI is InChI=1S/C19H18N2O3/c1-2-9-21-18(20-15-6-4-3-5-14(15)19(21)22)13-7-8-16-17(12-13)24-11-10-23-16/h2-8,12,18,20H,1,9-11H2. The summed E-state index contributed by atoms with van der Waals surface area (Å²) in [7, 11) is 0. The molecule has 5 heteroatoms. The first-order chi connectivity index (χ1) is 11.8. The molecule has 0 radical (unpaired) electrons. The lowest BCUT2D eigenvalue weighted by Crippen LogP contribution is -2.43. The van der Waals surface area contributed by atoms with Crippen LogP contribution in [-0.4, -0.2) is 30.6 Å². The first-order valence-electron chi connectivity index (χ1n) is 7.95. The van der Waals surface area contributed by atoms with Crippen molar-refractivity contribution < 1.29 is 14.3 Å². The van der Waals surface area contributed by atoms with Gasteiger partial charge in [-0.2, -0.15) is 0 Å². The Balaban J connectivity index is 1.75. The fourth-order valence-electron chi connectivity index (χ4n) is 3.11. The molecule has 0 spiro atoms. The molecule has 0 aliphatic carbocycles. The van der Waals surface area contributed by atoms with Crippen LogP contribution in [0.4, 0.5) is 5.69 Å². The van der Waals surface area contributed by atoms with Gasteiger partial charge in [0, 0.05) is 12.2 Å². The van der Waals surface area contributed by atoms with E-state index in [-0.39, 0.29) is 12.1 Å². The molecule has 0 fully saturated rings. The minimum atomic E-state index is -0.277. The molecule has 2 heterocycles. The molecule has 1 N–H and O–H groups in total. The van der Waals surface area contributed by atoms with Crippen molar-refractivity contribution in [3.63, 3.8) is 0 Å². The Hall–Kier alpha value is -2.95. The summed E-state index contributed by atoms with van der Waals surface area (Å²) in [5.41, 5.74) is 2.46. The van der Waals surface area contributed by atoms with Crippen molar-refractivity contribution in [3.05, 3.63) is 66.2 Å². The molecule has 24 heavy (non-hydrogen) atoms. The van der Waals surface area contributed by atoms with Gasteiger partial charge in [-0.3, -0.25) is 4.79 Å². The molecule has 1 amide bonds. The van der Waals surface area contributed by atoms with E-state index in [1.54, 1.807) is 11.0 Å². The Labute approximate surface area is 140 Å². The maximum absolute atomic E-state index is 12.9.